The second kappa shape index (κ2) is 5.71. The summed E-state index contributed by atoms with van der Waals surface area (Å²) in [6.45, 7) is 0.720. The van der Waals surface area contributed by atoms with E-state index in [1.54, 1.807) is 0 Å². The van der Waals surface area contributed by atoms with Gasteiger partial charge in [-0.15, -0.1) is 0 Å². The van der Waals surface area contributed by atoms with E-state index in [1.807, 2.05) is 0 Å². The van der Waals surface area contributed by atoms with Crippen molar-refractivity contribution in [2.45, 2.75) is 18.9 Å². The van der Waals surface area contributed by atoms with E-state index in [4.69, 9.17) is 4.43 Å². The van der Waals surface area contributed by atoms with Crippen molar-refractivity contribution in [1.29, 1.82) is 0 Å². The first-order valence-electron chi connectivity index (χ1n) is 2.55. The Morgan fingerprint density at radius 1 is 1.38 bits per heavy atom. The van der Waals surface area contributed by atoms with Crippen LogP contribution >= 0.6 is 0 Å². The first-order chi connectivity index (χ1) is 3.39. The molecular formula is C4H8O2RbSi. The van der Waals surface area contributed by atoms with Gasteiger partial charge in [0.1, 0.15) is 9.28 Å². The fourth-order valence-electron chi connectivity index (χ4n) is 0.630. The van der Waals surface area contributed by atoms with Crippen molar-refractivity contribution in [2.75, 3.05) is 6.61 Å². The van der Waals surface area contributed by atoms with Gasteiger partial charge in [0.05, 0.1) is 0 Å². The molecule has 0 atom stereocenters. The Bertz CT molecular complexity index is 56.0. The number of rotatable bonds is 0. The largest absolute Gasteiger partial charge is 1.00 e. The van der Waals surface area contributed by atoms with Crippen molar-refractivity contribution in [3.63, 3.8) is 0 Å². The van der Waals surface area contributed by atoms with E-state index in [9.17, 15) is 4.80 Å². The van der Waals surface area contributed by atoms with Gasteiger partial charge in [-0.1, -0.05) is 6.42 Å². The molecule has 0 bridgehead atoms. The molecule has 0 aromatic carbocycles. The molecule has 1 aliphatic heterocycles. The molecule has 8 heavy (non-hydrogen) atoms. The topological polar surface area (TPSA) is 32.3 Å². The molecule has 0 N–H and O–H groups in total. The fraction of sp³-hybridized carbons (Fsp3) is 1.00. The maximum Gasteiger partial charge on any atom is 1.00 e. The molecule has 1 rings (SSSR count). The summed E-state index contributed by atoms with van der Waals surface area (Å²) in [4.78, 5) is 10.4. The van der Waals surface area contributed by atoms with Gasteiger partial charge >= 0.3 is 58.2 Å². The first kappa shape index (κ1) is 9.94. The van der Waals surface area contributed by atoms with Crippen LogP contribution in [-0.2, 0) is 4.43 Å². The van der Waals surface area contributed by atoms with Gasteiger partial charge in [-0.25, -0.2) is 0 Å². The second-order valence-electron chi connectivity index (χ2n) is 1.68. The van der Waals surface area contributed by atoms with E-state index in [0.717, 1.165) is 25.5 Å². The fourth-order valence-corrected chi connectivity index (χ4v) is 1.68. The van der Waals surface area contributed by atoms with Gasteiger partial charge in [-0.2, -0.15) is 0 Å². The molecule has 1 saturated heterocycles. The van der Waals surface area contributed by atoms with Crippen LogP contribution in [-0.4, -0.2) is 15.9 Å². The van der Waals surface area contributed by atoms with Crippen molar-refractivity contribution in [3.8, 4) is 0 Å². The normalized spacial score (nSPS) is 22.1. The zero-order chi connectivity index (χ0) is 5.11. The smallest absolute Gasteiger partial charge is 0.839 e. The van der Waals surface area contributed by atoms with Crippen LogP contribution in [0.1, 0.15) is 12.8 Å². The van der Waals surface area contributed by atoms with Gasteiger partial charge in [0.25, 0.3) is 0 Å². The minimum absolute atomic E-state index is 0. The average molecular weight is 202 g/mol. The van der Waals surface area contributed by atoms with E-state index in [0.29, 0.717) is 0 Å². The van der Waals surface area contributed by atoms with Gasteiger partial charge in [-0.05, 0) is 12.5 Å². The Morgan fingerprint density at radius 3 is 2.38 bits per heavy atom. The summed E-state index contributed by atoms with van der Waals surface area (Å²) in [7, 11) is -1.54. The van der Waals surface area contributed by atoms with Gasteiger partial charge < -0.3 is 9.22 Å². The third kappa shape index (κ3) is 3.87. The predicted octanol–water partition coefficient (Wildman–Crippen LogP) is -3.35. The molecule has 4 heteroatoms. The minimum atomic E-state index is -1.54. The maximum absolute atomic E-state index is 10.4. The predicted molar refractivity (Wildman–Crippen MR) is 25.7 cm³/mol. The molecule has 1 aliphatic rings. The summed E-state index contributed by atoms with van der Waals surface area (Å²) in [6, 6.07) is 0.810. The SMILES string of the molecule is [O-][Si]1CCCCO1.[Rb+]. The molecule has 0 unspecified atom stereocenters. The molecule has 0 amide bonds. The Balaban J connectivity index is 0.000000490. The second-order valence-corrected chi connectivity index (χ2v) is 3.21. The summed E-state index contributed by atoms with van der Waals surface area (Å²) in [5.41, 5.74) is 0. The third-order valence-electron chi connectivity index (χ3n) is 1.04. The Morgan fingerprint density at radius 2 is 2.12 bits per heavy atom. The quantitative estimate of drug-likeness (QED) is 0.384. The van der Waals surface area contributed by atoms with Crippen LogP contribution in [0.5, 0.6) is 0 Å². The van der Waals surface area contributed by atoms with Crippen molar-refractivity contribution in [3.05, 3.63) is 0 Å². The molecule has 0 aliphatic carbocycles. The van der Waals surface area contributed by atoms with Crippen molar-refractivity contribution in [1.82, 2.24) is 0 Å². The van der Waals surface area contributed by atoms with E-state index in [-0.39, 0.29) is 58.2 Å². The third-order valence-corrected chi connectivity index (χ3v) is 2.33. The van der Waals surface area contributed by atoms with Gasteiger partial charge in [-0.3, -0.25) is 0 Å². The van der Waals surface area contributed by atoms with E-state index in [2.05, 4.69) is 0 Å². The van der Waals surface area contributed by atoms with E-state index < -0.39 is 9.28 Å². The van der Waals surface area contributed by atoms with Gasteiger partial charge in [0.15, 0.2) is 0 Å². The van der Waals surface area contributed by atoms with Crippen LogP contribution in [0.3, 0.4) is 0 Å². The molecule has 1 fully saturated rings. The number of hydrogen-bond acceptors (Lipinski definition) is 2. The van der Waals surface area contributed by atoms with Crippen molar-refractivity contribution in [2.24, 2.45) is 0 Å². The van der Waals surface area contributed by atoms with Crippen LogP contribution in [0, 0.1) is 0 Å². The molecule has 2 nitrogen and oxygen atoms in total. The Hall–Kier alpha value is 1.94. The van der Waals surface area contributed by atoms with E-state index in [1.165, 1.54) is 0 Å². The summed E-state index contributed by atoms with van der Waals surface area (Å²) < 4.78 is 4.82. The Kier molecular flexibility index (Phi) is 7.09. The Labute approximate surface area is 100 Å². The molecule has 0 aromatic rings. The molecule has 1 radical (unpaired) electrons. The molecular weight excluding hydrogens is 194 g/mol. The van der Waals surface area contributed by atoms with Gasteiger partial charge in [0.2, 0.25) is 0 Å². The molecule has 0 spiro atoms. The van der Waals surface area contributed by atoms with E-state index >= 15 is 0 Å². The van der Waals surface area contributed by atoms with Crippen LogP contribution in [0.4, 0.5) is 0 Å². The van der Waals surface area contributed by atoms with Gasteiger partial charge in [0, 0.05) is 6.61 Å². The first-order valence-corrected chi connectivity index (χ1v) is 4.07. The standard InChI is InChI=1S/C4H8O2Si.Rb/c5-7-4-2-1-3-6-7;/h1-4H2;/q-1;+1. The van der Waals surface area contributed by atoms with Crippen molar-refractivity contribution < 1.29 is 67.4 Å². The van der Waals surface area contributed by atoms with Crippen LogP contribution in [0.2, 0.25) is 6.04 Å². The summed E-state index contributed by atoms with van der Waals surface area (Å²) in [6.07, 6.45) is 2.19. The maximum atomic E-state index is 10.4. The molecule has 0 saturated carbocycles. The van der Waals surface area contributed by atoms with Crippen LogP contribution in [0.25, 0.3) is 0 Å². The molecule has 0 aromatic heterocycles. The molecule has 1 heterocycles. The summed E-state index contributed by atoms with van der Waals surface area (Å²) in [5, 5.41) is 0. The summed E-state index contributed by atoms with van der Waals surface area (Å²) in [5.74, 6) is 0. The monoisotopic (exact) mass is 201 g/mol. The zero-order valence-electron chi connectivity index (χ0n) is 5.14. The minimum Gasteiger partial charge on any atom is -0.839 e. The number of hydrogen-bond donors (Lipinski definition) is 0. The molecule has 41 valence electrons. The average Bonchev–Trinajstić information content (AvgIpc) is 1.69. The van der Waals surface area contributed by atoms with Crippen LogP contribution < -0.4 is 63.0 Å². The van der Waals surface area contributed by atoms with Crippen molar-refractivity contribution >= 4 is 9.28 Å². The van der Waals surface area contributed by atoms with Crippen LogP contribution in [0.15, 0.2) is 0 Å². The zero-order valence-corrected chi connectivity index (χ0v) is 11.1. The summed E-state index contributed by atoms with van der Waals surface area (Å²) >= 11 is 0.